The molecule has 11 nitrogen and oxygen atoms in total. The number of nitrogens with zero attached hydrogens (tertiary/aromatic N) is 2. The lowest BCUT2D eigenvalue weighted by Crippen LogP contribution is -2.33. The van der Waals surface area contributed by atoms with Crippen LogP contribution in [-0.4, -0.2) is 44.7 Å². The zero-order valence-electron chi connectivity index (χ0n) is 36.4. The van der Waals surface area contributed by atoms with Gasteiger partial charge in [-0.2, -0.15) is 0 Å². The number of amides is 1. The molecule has 10 rings (SSSR count). The van der Waals surface area contributed by atoms with Crippen LogP contribution in [0.4, 0.5) is 4.39 Å². The first kappa shape index (κ1) is 42.9. The summed E-state index contributed by atoms with van der Waals surface area (Å²) in [6.45, 7) is 0.872. The number of imidazole rings is 1. The number of unbranched alkanes of at least 4 members (excludes halogenated alkanes) is 5. The van der Waals surface area contributed by atoms with Crippen molar-refractivity contribution in [3.05, 3.63) is 212 Å². The average Bonchev–Trinajstić information content (AvgIpc) is 3.82. The topological polar surface area (TPSA) is 145 Å². The second kappa shape index (κ2) is 18.5. The van der Waals surface area contributed by atoms with E-state index in [0.29, 0.717) is 81.7 Å². The number of ether oxygens (including phenoxy) is 3. The maximum atomic E-state index is 15.3. The molecule has 0 unspecified atom stereocenters. The van der Waals surface area contributed by atoms with E-state index in [1.54, 1.807) is 85.1 Å². The predicted molar refractivity (Wildman–Crippen MR) is 249 cm³/mol. The number of carbonyl (C=O) groups is 2. The summed E-state index contributed by atoms with van der Waals surface area (Å²) >= 11 is 0. The third-order valence-electron chi connectivity index (χ3n) is 12.4. The first-order chi connectivity index (χ1) is 32.7. The number of phenols is 1. The van der Waals surface area contributed by atoms with E-state index in [4.69, 9.17) is 19.2 Å². The van der Waals surface area contributed by atoms with Crippen molar-refractivity contribution < 1.29 is 33.3 Å². The van der Waals surface area contributed by atoms with Crippen LogP contribution in [0.1, 0.15) is 98.4 Å². The largest absolute Gasteiger partial charge is 0.508 e. The van der Waals surface area contributed by atoms with Crippen molar-refractivity contribution in [1.82, 2.24) is 19.9 Å². The summed E-state index contributed by atoms with van der Waals surface area (Å²) in [6.07, 6.45) is 7.72. The van der Waals surface area contributed by atoms with Crippen LogP contribution in [0.2, 0.25) is 0 Å². The number of rotatable bonds is 16. The number of hydrogen-bond donors (Lipinski definition) is 3. The van der Waals surface area contributed by atoms with E-state index in [-0.39, 0.29) is 29.4 Å². The van der Waals surface area contributed by atoms with Crippen LogP contribution >= 0.6 is 0 Å². The number of carbonyl (C=O) groups excluding carboxylic acids is 2. The molecule has 4 heterocycles. The van der Waals surface area contributed by atoms with Crippen molar-refractivity contribution in [2.45, 2.75) is 57.0 Å². The molecular formula is C55H45FN4O7. The highest BCUT2D eigenvalue weighted by molar-refractivity contribution is 6.00. The van der Waals surface area contributed by atoms with Gasteiger partial charge < -0.3 is 29.6 Å². The van der Waals surface area contributed by atoms with E-state index in [1.165, 1.54) is 10.6 Å². The van der Waals surface area contributed by atoms with Crippen molar-refractivity contribution >= 4 is 11.9 Å². The Kier molecular flexibility index (Phi) is 11.8. The Morgan fingerprint density at radius 2 is 1.54 bits per heavy atom. The molecular weight excluding hydrogens is 848 g/mol. The number of aromatic hydroxyl groups is 1. The van der Waals surface area contributed by atoms with E-state index < -0.39 is 17.4 Å². The number of fused-ring (bicyclic) bond motifs is 7. The Labute approximate surface area is 386 Å². The van der Waals surface area contributed by atoms with Gasteiger partial charge in [-0.15, -0.1) is 0 Å². The smallest absolute Gasteiger partial charge is 0.340 e. The van der Waals surface area contributed by atoms with Crippen molar-refractivity contribution in [3.8, 4) is 40.1 Å². The normalized spacial score (nSPS) is 13.1. The SMILES string of the molecule is O=C(NCCCCCCCCOc1ccc(Cc2nc3c(Cc4ccccc4)[nH]c(-c4ccc(O)cc4)cn-3c2=O)cc1F)c1ccc2c(c1)C1(OC2=O)c2cc[c]cc2Oc2c[c]ccc21. The summed E-state index contributed by atoms with van der Waals surface area (Å²) in [5.74, 6) is 0.646. The summed E-state index contributed by atoms with van der Waals surface area (Å²) in [7, 11) is 0. The minimum Gasteiger partial charge on any atom is -0.508 e. The number of phenolic OH excluding ortho intramolecular Hbond substituents is 1. The Hall–Kier alpha value is -7.99. The maximum Gasteiger partial charge on any atom is 0.340 e. The number of aromatic nitrogens is 3. The molecule has 3 N–H and O–H groups in total. The van der Waals surface area contributed by atoms with Gasteiger partial charge in [-0.3, -0.25) is 14.2 Å². The highest BCUT2D eigenvalue weighted by atomic mass is 19.1. The van der Waals surface area contributed by atoms with Gasteiger partial charge in [0.05, 0.1) is 23.6 Å². The number of hydrogen-bond acceptors (Lipinski definition) is 8. The van der Waals surface area contributed by atoms with E-state index in [9.17, 15) is 19.5 Å². The summed E-state index contributed by atoms with van der Waals surface area (Å²) in [6, 6.07) is 43.1. The number of benzene rings is 6. The number of halogens is 1. The van der Waals surface area contributed by atoms with Crippen molar-refractivity contribution in [3.63, 3.8) is 0 Å². The molecule has 67 heavy (non-hydrogen) atoms. The minimum absolute atomic E-state index is 0.144. The van der Waals surface area contributed by atoms with Gasteiger partial charge >= 0.3 is 5.97 Å². The van der Waals surface area contributed by atoms with Crippen LogP contribution in [0.5, 0.6) is 23.0 Å². The molecule has 0 saturated carbocycles. The van der Waals surface area contributed by atoms with E-state index in [0.717, 1.165) is 55.3 Å². The van der Waals surface area contributed by atoms with Crippen LogP contribution in [-0.2, 0) is 23.2 Å². The van der Waals surface area contributed by atoms with Gasteiger partial charge in [0, 0.05) is 47.8 Å². The lowest BCUT2D eigenvalue weighted by atomic mass is 9.77. The van der Waals surface area contributed by atoms with Crippen molar-refractivity contribution in [2.24, 2.45) is 0 Å². The first-order valence-electron chi connectivity index (χ1n) is 22.5. The van der Waals surface area contributed by atoms with Gasteiger partial charge in [0.2, 0.25) is 0 Å². The number of H-pyrrole nitrogens is 1. The molecule has 0 aromatic heterocycles. The number of esters is 1. The van der Waals surface area contributed by atoms with Gasteiger partial charge in [-0.1, -0.05) is 74.2 Å². The molecule has 1 amide bonds. The molecule has 0 aliphatic carbocycles. The molecule has 4 aliphatic heterocycles. The summed E-state index contributed by atoms with van der Waals surface area (Å²) in [5.41, 5.74) is 5.39. The van der Waals surface area contributed by atoms with E-state index in [2.05, 4.69) is 22.4 Å². The maximum absolute atomic E-state index is 15.3. The van der Waals surface area contributed by atoms with Gasteiger partial charge in [-0.05, 0) is 121 Å². The molecule has 12 heteroatoms. The standard InChI is InChI=1S/C55H45FN4O7/c56-44-30-36(32-46-53(63)60-34-47(37-21-24-39(61)25-22-37)58-45(51(60)59-46)31-35-14-6-5-7-15-35)20-27-50(44)65-29-13-4-2-1-3-12-28-57-52(62)38-23-26-40-43(33-38)55(67-54(40)64)41-16-8-10-18-48(41)66-49-19-11-9-17-42(49)55/h5-9,14-27,30,33-34,58,61H,1-4,12-13,28-29,31-32H2,(H,57,62). The fraction of sp³-hybridized carbons (Fsp3) is 0.200. The van der Waals surface area contributed by atoms with Crippen LogP contribution in [0.15, 0.2) is 138 Å². The molecule has 6 aromatic carbocycles. The van der Waals surface area contributed by atoms with Gasteiger partial charge in [0.15, 0.2) is 23.0 Å². The lowest BCUT2D eigenvalue weighted by Gasteiger charge is -2.36. The van der Waals surface area contributed by atoms with Crippen LogP contribution in [0, 0.1) is 17.9 Å². The van der Waals surface area contributed by atoms with Crippen molar-refractivity contribution in [1.29, 1.82) is 0 Å². The van der Waals surface area contributed by atoms with E-state index >= 15 is 4.39 Å². The zero-order valence-corrected chi connectivity index (χ0v) is 36.4. The molecule has 0 bridgehead atoms. The predicted octanol–water partition coefficient (Wildman–Crippen LogP) is 10.0. The molecule has 0 saturated heterocycles. The highest BCUT2D eigenvalue weighted by Gasteiger charge is 2.53. The second-order valence-corrected chi connectivity index (χ2v) is 16.9. The summed E-state index contributed by atoms with van der Waals surface area (Å²) in [5, 5.41) is 12.9. The molecule has 2 radical (unpaired) electrons. The number of aromatic amines is 1. The number of nitrogens with one attached hydrogen (secondary N) is 2. The fourth-order valence-corrected chi connectivity index (χ4v) is 9.04. The average molecular weight is 893 g/mol. The third kappa shape index (κ3) is 8.54. The Balaban J connectivity index is 0.691. The summed E-state index contributed by atoms with van der Waals surface area (Å²) in [4.78, 5) is 48.6. The quantitative estimate of drug-likeness (QED) is 0.0643. The molecule has 1 spiro atoms. The first-order valence-corrected chi connectivity index (χ1v) is 22.5. The van der Waals surface area contributed by atoms with E-state index in [1.807, 2.05) is 42.5 Å². The van der Waals surface area contributed by atoms with Gasteiger partial charge in [0.25, 0.3) is 11.5 Å². The van der Waals surface area contributed by atoms with Gasteiger partial charge in [0.1, 0.15) is 22.9 Å². The fourth-order valence-electron chi connectivity index (χ4n) is 9.04. The summed E-state index contributed by atoms with van der Waals surface area (Å²) < 4.78 is 34.9. The Morgan fingerprint density at radius 1 is 0.806 bits per heavy atom. The molecule has 0 fully saturated rings. The van der Waals surface area contributed by atoms with Gasteiger partial charge in [-0.25, -0.2) is 14.2 Å². The molecule has 0 atom stereocenters. The van der Waals surface area contributed by atoms with Crippen LogP contribution in [0.3, 0.4) is 0 Å². The second-order valence-electron chi connectivity index (χ2n) is 16.9. The highest BCUT2D eigenvalue weighted by Crippen LogP contribution is 2.56. The van der Waals surface area contributed by atoms with Crippen LogP contribution < -0.4 is 20.3 Å². The Morgan fingerprint density at radius 3 is 2.28 bits per heavy atom. The molecule has 334 valence electrons. The third-order valence-corrected chi connectivity index (χ3v) is 12.4. The molecule has 6 aromatic rings. The minimum atomic E-state index is -1.27. The van der Waals surface area contributed by atoms with Crippen LogP contribution in [0.25, 0.3) is 17.1 Å². The monoisotopic (exact) mass is 892 g/mol. The Bertz CT molecular complexity index is 3100. The molecule has 4 aliphatic rings. The van der Waals surface area contributed by atoms with Crippen molar-refractivity contribution in [2.75, 3.05) is 13.2 Å². The zero-order chi connectivity index (χ0) is 45.9. The lowest BCUT2D eigenvalue weighted by molar-refractivity contribution is 0.0224.